The van der Waals surface area contributed by atoms with Crippen LogP contribution in [-0.2, 0) is 10.0 Å². The van der Waals surface area contributed by atoms with Gasteiger partial charge in [0.05, 0.1) is 11.9 Å². The maximum absolute atomic E-state index is 11.6. The van der Waals surface area contributed by atoms with Crippen molar-refractivity contribution in [3.63, 3.8) is 0 Å². The van der Waals surface area contributed by atoms with Gasteiger partial charge in [0.15, 0.2) is 0 Å². The zero-order valence-corrected chi connectivity index (χ0v) is 11.4. The molecule has 0 fully saturated rings. The Kier molecular flexibility index (Phi) is 3.59. The lowest BCUT2D eigenvalue weighted by Crippen LogP contribution is -2.29. The van der Waals surface area contributed by atoms with E-state index in [1.807, 2.05) is 4.72 Å². The highest BCUT2D eigenvalue weighted by Crippen LogP contribution is 2.20. The molecule has 0 unspecified atom stereocenters. The molecule has 0 saturated carbocycles. The van der Waals surface area contributed by atoms with Crippen molar-refractivity contribution in [2.24, 2.45) is 0 Å². The van der Waals surface area contributed by atoms with Gasteiger partial charge in [-0.1, -0.05) is 23.7 Å². The summed E-state index contributed by atoms with van der Waals surface area (Å²) in [5.41, 5.74) is 1.35. The number of H-pyrrole nitrogens is 1. The van der Waals surface area contributed by atoms with E-state index in [-0.39, 0.29) is 5.69 Å². The molecule has 0 radical (unpaired) electrons. The number of aromatic nitrogens is 2. The molecule has 1 aromatic heterocycles. The Labute approximate surface area is 114 Å². The fourth-order valence-corrected chi connectivity index (χ4v) is 2.00. The molecule has 0 aliphatic rings. The summed E-state index contributed by atoms with van der Waals surface area (Å²) in [7, 11) is -3.60. The third-order valence-corrected chi connectivity index (χ3v) is 3.05. The van der Waals surface area contributed by atoms with Crippen LogP contribution < -0.4 is 4.72 Å². The van der Waals surface area contributed by atoms with Crippen molar-refractivity contribution in [2.45, 2.75) is 0 Å². The van der Waals surface area contributed by atoms with Crippen LogP contribution in [0.25, 0.3) is 11.3 Å². The van der Waals surface area contributed by atoms with Crippen LogP contribution in [0.4, 0.5) is 0 Å². The zero-order valence-electron chi connectivity index (χ0n) is 9.84. The molecule has 100 valence electrons. The van der Waals surface area contributed by atoms with Gasteiger partial charge >= 0.3 is 0 Å². The zero-order chi connectivity index (χ0) is 14.0. The third-order valence-electron chi connectivity index (χ3n) is 2.24. The van der Waals surface area contributed by atoms with Gasteiger partial charge in [-0.25, -0.2) is 13.1 Å². The third kappa shape index (κ3) is 3.55. The van der Waals surface area contributed by atoms with Crippen LogP contribution in [0, 0.1) is 0 Å². The molecule has 1 aromatic carbocycles. The van der Waals surface area contributed by atoms with Gasteiger partial charge < -0.3 is 0 Å². The highest BCUT2D eigenvalue weighted by molar-refractivity contribution is 7.89. The first-order chi connectivity index (χ1) is 8.85. The Hall–Kier alpha value is -1.86. The summed E-state index contributed by atoms with van der Waals surface area (Å²) in [5, 5.41) is 7.02. The molecule has 0 aliphatic carbocycles. The van der Waals surface area contributed by atoms with E-state index in [4.69, 9.17) is 11.6 Å². The van der Waals surface area contributed by atoms with E-state index in [1.165, 1.54) is 6.07 Å². The number of benzene rings is 1. The predicted molar refractivity (Wildman–Crippen MR) is 71.3 cm³/mol. The van der Waals surface area contributed by atoms with E-state index < -0.39 is 15.9 Å². The average Bonchev–Trinajstić information content (AvgIpc) is 2.77. The second-order valence-electron chi connectivity index (χ2n) is 3.88. The van der Waals surface area contributed by atoms with Crippen molar-refractivity contribution in [2.75, 3.05) is 6.26 Å². The molecule has 2 rings (SSSR count). The monoisotopic (exact) mass is 299 g/mol. The SMILES string of the molecule is CS(=O)(=O)NC(=O)c1cc(-c2ccc(Cl)cc2)n[nH]1. The molecular formula is C11H10ClN3O3S. The van der Waals surface area contributed by atoms with Gasteiger partial charge in [-0.15, -0.1) is 0 Å². The van der Waals surface area contributed by atoms with Crippen molar-refractivity contribution >= 4 is 27.5 Å². The number of rotatable bonds is 3. The Morgan fingerprint density at radius 3 is 2.53 bits per heavy atom. The van der Waals surface area contributed by atoms with Crippen LogP contribution in [0.15, 0.2) is 30.3 Å². The molecule has 0 bridgehead atoms. The number of carbonyl (C=O) groups excluding carboxylic acids is 1. The van der Waals surface area contributed by atoms with Gasteiger partial charge in [0.25, 0.3) is 5.91 Å². The molecule has 0 aliphatic heterocycles. The lowest BCUT2D eigenvalue weighted by Gasteiger charge is -1.98. The maximum Gasteiger partial charge on any atom is 0.282 e. The normalized spacial score (nSPS) is 11.3. The summed E-state index contributed by atoms with van der Waals surface area (Å²) in [5.74, 6) is -0.754. The highest BCUT2D eigenvalue weighted by Gasteiger charge is 2.14. The average molecular weight is 300 g/mol. The number of nitrogens with one attached hydrogen (secondary N) is 2. The molecule has 8 heteroatoms. The first-order valence-electron chi connectivity index (χ1n) is 5.18. The standard InChI is InChI=1S/C11H10ClN3O3S/c1-19(17,18)15-11(16)10-6-9(13-14-10)7-2-4-8(12)5-3-7/h2-6H,1H3,(H,13,14)(H,15,16). The van der Waals surface area contributed by atoms with Crippen molar-refractivity contribution in [3.8, 4) is 11.3 Å². The van der Waals surface area contributed by atoms with Crippen LogP contribution in [-0.4, -0.2) is 30.8 Å². The molecule has 0 spiro atoms. The van der Waals surface area contributed by atoms with Crippen molar-refractivity contribution in [1.82, 2.24) is 14.9 Å². The van der Waals surface area contributed by atoms with Crippen molar-refractivity contribution in [3.05, 3.63) is 41.0 Å². The summed E-state index contributed by atoms with van der Waals surface area (Å²) >= 11 is 5.77. The minimum absolute atomic E-state index is 0.0652. The van der Waals surface area contributed by atoms with E-state index in [0.29, 0.717) is 10.7 Å². The van der Waals surface area contributed by atoms with Crippen molar-refractivity contribution < 1.29 is 13.2 Å². The summed E-state index contributed by atoms with van der Waals surface area (Å²) < 4.78 is 23.7. The summed E-state index contributed by atoms with van der Waals surface area (Å²) in [6.45, 7) is 0. The largest absolute Gasteiger partial charge is 0.282 e. The van der Waals surface area contributed by atoms with Crippen LogP contribution in [0.3, 0.4) is 0 Å². The number of hydrogen-bond donors (Lipinski definition) is 2. The molecule has 19 heavy (non-hydrogen) atoms. The van der Waals surface area contributed by atoms with E-state index in [0.717, 1.165) is 11.8 Å². The molecule has 6 nitrogen and oxygen atoms in total. The molecule has 2 aromatic rings. The fraction of sp³-hybridized carbons (Fsp3) is 0.0909. The molecular weight excluding hydrogens is 290 g/mol. The van der Waals surface area contributed by atoms with Gasteiger partial charge in [0.1, 0.15) is 5.69 Å². The smallest absolute Gasteiger partial charge is 0.272 e. The van der Waals surface area contributed by atoms with E-state index in [9.17, 15) is 13.2 Å². The number of carbonyl (C=O) groups is 1. The Morgan fingerprint density at radius 2 is 1.95 bits per heavy atom. The van der Waals surface area contributed by atoms with Crippen LogP contribution in [0.2, 0.25) is 5.02 Å². The summed E-state index contributed by atoms with van der Waals surface area (Å²) in [6, 6.07) is 8.35. The van der Waals surface area contributed by atoms with E-state index in [2.05, 4.69) is 10.2 Å². The van der Waals surface area contributed by atoms with Gasteiger partial charge in [-0.2, -0.15) is 5.10 Å². The van der Waals surface area contributed by atoms with E-state index >= 15 is 0 Å². The Morgan fingerprint density at radius 1 is 1.32 bits per heavy atom. The molecule has 1 amide bonds. The highest BCUT2D eigenvalue weighted by atomic mass is 35.5. The second kappa shape index (κ2) is 5.02. The lowest BCUT2D eigenvalue weighted by atomic mass is 10.1. The van der Waals surface area contributed by atoms with E-state index in [1.54, 1.807) is 24.3 Å². The number of amides is 1. The number of sulfonamides is 1. The predicted octanol–water partition coefficient (Wildman–Crippen LogP) is 1.42. The second-order valence-corrected chi connectivity index (χ2v) is 6.06. The molecule has 1 heterocycles. The van der Waals surface area contributed by atoms with Gasteiger partial charge in [-0.3, -0.25) is 9.89 Å². The van der Waals surface area contributed by atoms with Gasteiger partial charge in [0.2, 0.25) is 10.0 Å². The maximum atomic E-state index is 11.6. The van der Waals surface area contributed by atoms with Crippen LogP contribution >= 0.6 is 11.6 Å². The van der Waals surface area contributed by atoms with Gasteiger partial charge in [-0.05, 0) is 18.2 Å². The summed E-state index contributed by atoms with van der Waals surface area (Å²) in [4.78, 5) is 11.6. The first kappa shape index (κ1) is 13.6. The van der Waals surface area contributed by atoms with Gasteiger partial charge in [0, 0.05) is 10.6 Å². The molecule has 2 N–H and O–H groups in total. The topological polar surface area (TPSA) is 91.9 Å². The van der Waals surface area contributed by atoms with Crippen LogP contribution in [0.1, 0.15) is 10.5 Å². The molecule has 0 saturated heterocycles. The number of halogens is 1. The number of hydrogen-bond acceptors (Lipinski definition) is 4. The number of aromatic amines is 1. The Bertz CT molecular complexity index is 707. The number of nitrogens with zero attached hydrogens (tertiary/aromatic N) is 1. The minimum atomic E-state index is -3.60. The quantitative estimate of drug-likeness (QED) is 0.896. The first-order valence-corrected chi connectivity index (χ1v) is 7.45. The minimum Gasteiger partial charge on any atom is -0.272 e. The fourth-order valence-electron chi connectivity index (χ4n) is 1.43. The van der Waals surface area contributed by atoms with Crippen LogP contribution in [0.5, 0.6) is 0 Å². The summed E-state index contributed by atoms with van der Waals surface area (Å²) in [6.07, 6.45) is 0.904. The Balaban J connectivity index is 2.24. The van der Waals surface area contributed by atoms with Crippen molar-refractivity contribution in [1.29, 1.82) is 0 Å². The lowest BCUT2D eigenvalue weighted by molar-refractivity contribution is 0.0977. The molecule has 0 atom stereocenters.